The molecule has 0 aliphatic heterocycles. The first-order valence-electron chi connectivity index (χ1n) is 11.3. The van der Waals surface area contributed by atoms with Crippen LogP contribution >= 0.6 is 0 Å². The fourth-order valence-electron chi connectivity index (χ4n) is 3.89. The third-order valence-corrected chi connectivity index (χ3v) is 9.23. The van der Waals surface area contributed by atoms with E-state index in [0.29, 0.717) is 0 Å². The van der Waals surface area contributed by atoms with Crippen LogP contribution in [0.25, 0.3) is 0 Å². The Balaban J connectivity index is 1.31. The van der Waals surface area contributed by atoms with E-state index in [4.69, 9.17) is 8.85 Å². The summed E-state index contributed by atoms with van der Waals surface area (Å²) in [5.74, 6) is 0. The highest BCUT2D eigenvalue weighted by atomic mass is 28.2. The molecule has 4 heteroatoms. The average molecular weight is 455 g/mol. The smallest absolute Gasteiger partial charge is 0.162 e. The minimum absolute atomic E-state index is 0.0352. The molecule has 0 saturated carbocycles. The number of rotatable bonds is 11. The minimum atomic E-state index is -0.640. The summed E-state index contributed by atoms with van der Waals surface area (Å²) in [5.41, 5.74) is 4.92. The molecule has 4 aromatic carbocycles. The Bertz CT molecular complexity index is 862. The third-order valence-electron chi connectivity index (χ3n) is 5.52. The molecule has 162 valence electrons. The molecule has 0 N–H and O–H groups in total. The lowest BCUT2D eigenvalue weighted by atomic mass is 10.0. The molecule has 0 unspecified atom stereocenters. The Kier molecular flexibility index (Phi) is 8.63. The van der Waals surface area contributed by atoms with Gasteiger partial charge in [-0.15, -0.1) is 0 Å². The van der Waals surface area contributed by atoms with Gasteiger partial charge < -0.3 is 8.85 Å². The van der Waals surface area contributed by atoms with Gasteiger partial charge in [0, 0.05) is 0 Å². The lowest BCUT2D eigenvalue weighted by Gasteiger charge is -2.20. The zero-order chi connectivity index (χ0) is 21.8. The van der Waals surface area contributed by atoms with Crippen molar-refractivity contribution in [2.45, 2.75) is 24.3 Å². The van der Waals surface area contributed by atoms with E-state index in [1.165, 1.54) is 22.3 Å². The standard InChI is InChI=1S/C28H30O2Si2/c1-5-13-23(14-6-1)27(24-15-7-2-8-16-24)29-31-21-22-32-30-28(25-17-9-3-10-18-25)26-19-11-4-12-20-26/h1-20,27-28H,21-22,31-32H2. The Hall–Kier alpha value is -2.77. The molecule has 0 bridgehead atoms. The van der Waals surface area contributed by atoms with Crippen LogP contribution in [0.15, 0.2) is 121 Å². The maximum absolute atomic E-state index is 6.50. The highest BCUT2D eigenvalue weighted by Crippen LogP contribution is 2.27. The van der Waals surface area contributed by atoms with Crippen molar-refractivity contribution in [3.05, 3.63) is 144 Å². The largest absolute Gasteiger partial charge is 0.413 e. The van der Waals surface area contributed by atoms with Crippen molar-refractivity contribution in [1.82, 2.24) is 0 Å². The van der Waals surface area contributed by atoms with E-state index in [1.54, 1.807) is 0 Å². The number of benzene rings is 4. The number of hydrogen-bond acceptors (Lipinski definition) is 2. The molecule has 0 fully saturated rings. The normalized spacial score (nSPS) is 11.9. The molecule has 0 radical (unpaired) electrons. The van der Waals surface area contributed by atoms with Crippen LogP contribution in [0.2, 0.25) is 12.1 Å². The van der Waals surface area contributed by atoms with Gasteiger partial charge in [0.1, 0.15) is 0 Å². The van der Waals surface area contributed by atoms with Crippen LogP contribution in [-0.2, 0) is 8.85 Å². The third kappa shape index (κ3) is 6.37. The van der Waals surface area contributed by atoms with Crippen molar-refractivity contribution >= 4 is 19.5 Å². The predicted molar refractivity (Wildman–Crippen MR) is 138 cm³/mol. The first kappa shape index (κ1) is 22.4. The molecule has 0 aliphatic rings. The molecule has 0 amide bonds. The van der Waals surface area contributed by atoms with Crippen LogP contribution < -0.4 is 0 Å². The van der Waals surface area contributed by atoms with Gasteiger partial charge in [0.15, 0.2) is 19.5 Å². The van der Waals surface area contributed by atoms with Crippen LogP contribution in [0.1, 0.15) is 34.5 Å². The van der Waals surface area contributed by atoms with Crippen LogP contribution in [-0.4, -0.2) is 19.5 Å². The SMILES string of the molecule is c1ccc(C(O[SiH2]CC[SiH2]OC(c2ccccc2)c2ccccc2)c2ccccc2)cc1. The predicted octanol–water partition coefficient (Wildman–Crippen LogP) is 5.60. The van der Waals surface area contributed by atoms with Crippen LogP contribution in [0.4, 0.5) is 0 Å². The molecule has 4 aromatic rings. The molecule has 0 saturated heterocycles. The van der Waals surface area contributed by atoms with Gasteiger partial charge in [-0.1, -0.05) is 121 Å². The molecule has 0 aliphatic carbocycles. The van der Waals surface area contributed by atoms with Gasteiger partial charge in [-0.2, -0.15) is 0 Å². The summed E-state index contributed by atoms with van der Waals surface area (Å²) in [6.45, 7) is 0. The summed E-state index contributed by atoms with van der Waals surface area (Å²) in [4.78, 5) is 0. The topological polar surface area (TPSA) is 18.5 Å². The lowest BCUT2D eigenvalue weighted by Crippen LogP contribution is -2.12. The van der Waals surface area contributed by atoms with Crippen LogP contribution in [0.3, 0.4) is 0 Å². The van der Waals surface area contributed by atoms with Crippen LogP contribution in [0, 0.1) is 0 Å². The summed E-state index contributed by atoms with van der Waals surface area (Å²) >= 11 is 0. The molecule has 0 spiro atoms. The van der Waals surface area contributed by atoms with Gasteiger partial charge in [0.2, 0.25) is 0 Å². The van der Waals surface area contributed by atoms with Gasteiger partial charge in [-0.25, -0.2) is 0 Å². The monoisotopic (exact) mass is 454 g/mol. The maximum atomic E-state index is 6.50. The van der Waals surface area contributed by atoms with Crippen LogP contribution in [0.5, 0.6) is 0 Å². The quantitative estimate of drug-likeness (QED) is 0.217. The summed E-state index contributed by atoms with van der Waals surface area (Å²) < 4.78 is 13.0. The van der Waals surface area contributed by atoms with Gasteiger partial charge >= 0.3 is 0 Å². The molecule has 0 atom stereocenters. The average Bonchev–Trinajstić information content (AvgIpc) is 2.88. The molecule has 2 nitrogen and oxygen atoms in total. The van der Waals surface area contributed by atoms with Crippen molar-refractivity contribution in [3.8, 4) is 0 Å². The van der Waals surface area contributed by atoms with Crippen molar-refractivity contribution < 1.29 is 8.85 Å². The maximum Gasteiger partial charge on any atom is 0.162 e. The molecule has 4 rings (SSSR count). The highest BCUT2D eigenvalue weighted by molar-refractivity contribution is 6.34. The van der Waals surface area contributed by atoms with E-state index in [-0.39, 0.29) is 12.2 Å². The van der Waals surface area contributed by atoms with E-state index >= 15 is 0 Å². The summed E-state index contributed by atoms with van der Waals surface area (Å²) in [7, 11) is -1.28. The van der Waals surface area contributed by atoms with E-state index < -0.39 is 19.5 Å². The second-order valence-electron chi connectivity index (χ2n) is 7.85. The first-order chi connectivity index (χ1) is 15.9. The zero-order valence-corrected chi connectivity index (χ0v) is 21.2. The highest BCUT2D eigenvalue weighted by Gasteiger charge is 2.15. The Morgan fingerprint density at radius 3 is 0.906 bits per heavy atom. The fraction of sp³-hybridized carbons (Fsp3) is 0.143. The van der Waals surface area contributed by atoms with E-state index in [2.05, 4.69) is 121 Å². The molecular weight excluding hydrogens is 424 g/mol. The Labute approximate surface area is 196 Å². The second kappa shape index (κ2) is 12.3. The van der Waals surface area contributed by atoms with Crippen molar-refractivity contribution in [1.29, 1.82) is 0 Å². The second-order valence-corrected chi connectivity index (χ2v) is 10.7. The summed E-state index contributed by atoms with van der Waals surface area (Å²) in [5, 5.41) is 0. The van der Waals surface area contributed by atoms with E-state index in [9.17, 15) is 0 Å². The van der Waals surface area contributed by atoms with Crippen molar-refractivity contribution in [3.63, 3.8) is 0 Å². The van der Waals surface area contributed by atoms with E-state index in [0.717, 1.165) is 12.1 Å². The summed E-state index contributed by atoms with van der Waals surface area (Å²) in [6.07, 6.45) is 0.0704. The Morgan fingerprint density at radius 2 is 0.656 bits per heavy atom. The molecule has 32 heavy (non-hydrogen) atoms. The Morgan fingerprint density at radius 1 is 0.406 bits per heavy atom. The van der Waals surface area contributed by atoms with Crippen molar-refractivity contribution in [2.75, 3.05) is 0 Å². The van der Waals surface area contributed by atoms with Crippen molar-refractivity contribution in [2.24, 2.45) is 0 Å². The summed E-state index contributed by atoms with van der Waals surface area (Å²) in [6, 6.07) is 44.5. The lowest BCUT2D eigenvalue weighted by molar-refractivity contribution is 0.256. The van der Waals surface area contributed by atoms with Gasteiger partial charge in [-0.3, -0.25) is 0 Å². The first-order valence-corrected chi connectivity index (χ1v) is 14.5. The van der Waals surface area contributed by atoms with Gasteiger partial charge in [0.05, 0.1) is 12.2 Å². The molecule has 0 heterocycles. The molecule has 0 aromatic heterocycles. The minimum Gasteiger partial charge on any atom is -0.413 e. The van der Waals surface area contributed by atoms with E-state index in [1.807, 2.05) is 0 Å². The molecular formula is C28H30O2Si2. The number of hydrogen-bond donors (Lipinski definition) is 0. The van der Waals surface area contributed by atoms with Gasteiger partial charge in [-0.05, 0) is 34.3 Å². The van der Waals surface area contributed by atoms with Gasteiger partial charge in [0.25, 0.3) is 0 Å². The fourth-order valence-corrected chi connectivity index (χ4v) is 7.10. The zero-order valence-electron chi connectivity index (χ0n) is 18.3.